The summed E-state index contributed by atoms with van der Waals surface area (Å²) in [6.45, 7) is 0. The molecule has 5 nitrogen and oxygen atoms in total. The smallest absolute Gasteiger partial charge is 0.271 e. The number of carbonyl (C=O) groups is 1. The van der Waals surface area contributed by atoms with Gasteiger partial charge in [0.15, 0.2) is 0 Å². The van der Waals surface area contributed by atoms with Crippen molar-refractivity contribution in [2.45, 2.75) is 18.1 Å². The fourth-order valence-electron chi connectivity index (χ4n) is 4.28. The van der Waals surface area contributed by atoms with Crippen LogP contribution in [0.25, 0.3) is 0 Å². The Balaban J connectivity index is 1.70. The topological polar surface area (TPSA) is 67.9 Å². The molecule has 3 aromatic rings. The number of anilines is 2. The number of amides is 1. The molecule has 6 heteroatoms. The predicted molar refractivity (Wildman–Crippen MR) is 123 cm³/mol. The Morgan fingerprint density at radius 2 is 1.73 bits per heavy atom. The summed E-state index contributed by atoms with van der Waals surface area (Å²) < 4.78 is 6.30. The molecule has 0 aromatic heterocycles. The van der Waals surface area contributed by atoms with E-state index in [1.807, 2.05) is 90.0 Å². The second-order valence-electron chi connectivity index (χ2n) is 7.41. The highest BCUT2D eigenvalue weighted by Crippen LogP contribution is 2.53. The van der Waals surface area contributed by atoms with Crippen molar-refractivity contribution in [3.8, 4) is 5.75 Å². The molecule has 5 rings (SSSR count). The first-order valence-corrected chi connectivity index (χ1v) is 11.0. The van der Waals surface area contributed by atoms with Crippen LogP contribution in [0, 0.1) is 0 Å². The van der Waals surface area contributed by atoms with Crippen LogP contribution in [-0.2, 0) is 10.3 Å². The molecule has 2 aliphatic rings. The number of nitrogen functional groups attached to an aromatic ring is 1. The third-order valence-electron chi connectivity index (χ3n) is 5.71. The third kappa shape index (κ3) is 2.79. The highest BCUT2D eigenvalue weighted by atomic mass is 32.2. The lowest BCUT2D eigenvalue weighted by Crippen LogP contribution is -2.74. The van der Waals surface area contributed by atoms with Crippen LogP contribution in [0.4, 0.5) is 17.1 Å². The molecule has 30 heavy (non-hydrogen) atoms. The van der Waals surface area contributed by atoms with E-state index < -0.39 is 11.6 Å². The number of para-hydroxylation sites is 3. The molecule has 0 spiro atoms. The number of nitrogens with two attached hydrogens (primary N) is 1. The van der Waals surface area contributed by atoms with Crippen LogP contribution in [0.3, 0.4) is 0 Å². The van der Waals surface area contributed by atoms with Gasteiger partial charge in [-0.3, -0.25) is 9.69 Å². The van der Waals surface area contributed by atoms with Crippen LogP contribution in [-0.4, -0.2) is 23.3 Å². The Morgan fingerprint density at radius 3 is 2.47 bits per heavy atom. The van der Waals surface area contributed by atoms with E-state index in [0.717, 1.165) is 22.0 Å². The van der Waals surface area contributed by atoms with E-state index in [2.05, 4.69) is 0 Å². The number of nitrogens with zero attached hydrogens (tertiary/aromatic N) is 2. The molecule has 1 amide bonds. The summed E-state index contributed by atoms with van der Waals surface area (Å²) >= 11 is 1.60. The SMILES string of the molecule is CSC1=Nc2ccccc2N2C(=O)C(Oc3ccccc3)C2(c2ccc(N)cc2)C1. The van der Waals surface area contributed by atoms with Gasteiger partial charge in [-0.15, -0.1) is 11.8 Å². The van der Waals surface area contributed by atoms with E-state index in [-0.39, 0.29) is 5.91 Å². The van der Waals surface area contributed by atoms with Gasteiger partial charge in [0.05, 0.1) is 16.4 Å². The number of hydrogen-bond acceptors (Lipinski definition) is 5. The molecule has 2 heterocycles. The molecular formula is C24H21N3O2S. The van der Waals surface area contributed by atoms with Gasteiger partial charge in [-0.2, -0.15) is 0 Å². The minimum atomic E-state index is -0.699. The Kier molecular flexibility index (Phi) is 4.51. The lowest BCUT2D eigenvalue weighted by Gasteiger charge is -2.56. The number of thioether (sulfide) groups is 1. The minimum Gasteiger partial charge on any atom is -0.478 e. The molecule has 0 saturated carbocycles. The van der Waals surface area contributed by atoms with E-state index in [1.165, 1.54) is 0 Å². The zero-order chi connectivity index (χ0) is 20.7. The van der Waals surface area contributed by atoms with Gasteiger partial charge < -0.3 is 10.5 Å². The van der Waals surface area contributed by atoms with E-state index in [9.17, 15) is 4.79 Å². The number of hydrogen-bond donors (Lipinski definition) is 1. The van der Waals surface area contributed by atoms with Crippen molar-refractivity contribution in [2.75, 3.05) is 16.9 Å². The van der Waals surface area contributed by atoms with Crippen LogP contribution < -0.4 is 15.4 Å². The summed E-state index contributed by atoms with van der Waals surface area (Å²) in [6.07, 6.45) is 1.92. The van der Waals surface area contributed by atoms with Crippen molar-refractivity contribution in [2.24, 2.45) is 4.99 Å². The summed E-state index contributed by atoms with van der Waals surface area (Å²) in [7, 11) is 0. The number of β-lactam (4-membered cyclic amide) rings is 1. The quantitative estimate of drug-likeness (QED) is 0.495. The molecule has 2 atom stereocenters. The molecule has 3 aromatic carbocycles. The van der Waals surface area contributed by atoms with Crippen molar-refractivity contribution < 1.29 is 9.53 Å². The lowest BCUT2D eigenvalue weighted by molar-refractivity contribution is -0.141. The van der Waals surface area contributed by atoms with E-state index in [0.29, 0.717) is 17.9 Å². The zero-order valence-corrected chi connectivity index (χ0v) is 17.3. The molecule has 1 saturated heterocycles. The van der Waals surface area contributed by atoms with Crippen LogP contribution in [0.2, 0.25) is 0 Å². The summed E-state index contributed by atoms with van der Waals surface area (Å²) in [5.74, 6) is 0.603. The number of benzene rings is 3. The Morgan fingerprint density at radius 1 is 1.03 bits per heavy atom. The number of fused-ring (bicyclic) bond motifs is 3. The second-order valence-corrected chi connectivity index (χ2v) is 8.29. The maximum absolute atomic E-state index is 13.5. The molecule has 150 valence electrons. The van der Waals surface area contributed by atoms with Crippen LogP contribution in [0.15, 0.2) is 83.9 Å². The van der Waals surface area contributed by atoms with E-state index in [1.54, 1.807) is 11.8 Å². The minimum absolute atomic E-state index is 0.0688. The summed E-state index contributed by atoms with van der Waals surface area (Å²) in [6, 6.07) is 25.0. The Bertz CT molecular complexity index is 1130. The molecule has 2 unspecified atom stereocenters. The Hall–Kier alpha value is -3.25. The van der Waals surface area contributed by atoms with Gasteiger partial charge >= 0.3 is 0 Å². The molecule has 0 bridgehead atoms. The number of aliphatic imine (C=N–C) groups is 1. The maximum atomic E-state index is 13.5. The van der Waals surface area contributed by atoms with Gasteiger partial charge in [0.1, 0.15) is 11.3 Å². The molecular weight excluding hydrogens is 394 g/mol. The fraction of sp³-hybridized carbons (Fsp3) is 0.167. The molecule has 0 radical (unpaired) electrons. The second kappa shape index (κ2) is 7.22. The maximum Gasteiger partial charge on any atom is 0.271 e. The van der Waals surface area contributed by atoms with Gasteiger partial charge in [-0.05, 0) is 48.2 Å². The fourth-order valence-corrected chi connectivity index (χ4v) is 4.84. The molecule has 2 N–H and O–H groups in total. The summed E-state index contributed by atoms with van der Waals surface area (Å²) in [4.78, 5) is 20.2. The van der Waals surface area contributed by atoms with Crippen molar-refractivity contribution >= 4 is 39.8 Å². The monoisotopic (exact) mass is 415 g/mol. The number of rotatable bonds is 3. The molecule has 2 aliphatic heterocycles. The van der Waals surface area contributed by atoms with Crippen LogP contribution in [0.5, 0.6) is 5.75 Å². The first-order chi connectivity index (χ1) is 14.6. The van der Waals surface area contributed by atoms with Crippen molar-refractivity contribution in [3.05, 3.63) is 84.4 Å². The number of carbonyl (C=O) groups excluding carboxylic acids is 1. The van der Waals surface area contributed by atoms with Gasteiger partial charge in [0.25, 0.3) is 5.91 Å². The standard InChI is InChI=1S/C24H21N3O2S/c1-30-21-15-24(16-11-13-17(25)14-12-16)22(29-18-7-3-2-4-8-18)23(28)27(24)20-10-6-5-9-19(20)26-21/h2-14,22H,15,25H2,1H3. The Labute approximate surface area is 179 Å². The normalized spacial score (nSPS) is 22.3. The van der Waals surface area contributed by atoms with E-state index >= 15 is 0 Å². The van der Waals surface area contributed by atoms with Crippen LogP contribution >= 0.6 is 11.8 Å². The lowest BCUT2D eigenvalue weighted by atomic mass is 9.72. The van der Waals surface area contributed by atoms with Gasteiger partial charge in [0.2, 0.25) is 6.10 Å². The van der Waals surface area contributed by atoms with Crippen LogP contribution in [0.1, 0.15) is 12.0 Å². The summed E-state index contributed by atoms with van der Waals surface area (Å²) in [5, 5.41) is 0.955. The van der Waals surface area contributed by atoms with Gasteiger partial charge in [-0.25, -0.2) is 4.99 Å². The van der Waals surface area contributed by atoms with E-state index in [4.69, 9.17) is 15.5 Å². The van der Waals surface area contributed by atoms with Crippen molar-refractivity contribution in [1.82, 2.24) is 0 Å². The average Bonchev–Trinajstić information content (AvgIpc) is 2.91. The molecule has 1 fully saturated rings. The van der Waals surface area contributed by atoms with Crippen molar-refractivity contribution in [3.63, 3.8) is 0 Å². The van der Waals surface area contributed by atoms with Crippen molar-refractivity contribution in [1.29, 1.82) is 0 Å². The summed E-state index contributed by atoms with van der Waals surface area (Å²) in [5.41, 5.74) is 8.52. The zero-order valence-electron chi connectivity index (χ0n) is 16.5. The van der Waals surface area contributed by atoms with Gasteiger partial charge in [0, 0.05) is 12.1 Å². The molecule has 0 aliphatic carbocycles. The first-order valence-electron chi connectivity index (χ1n) is 9.76. The highest BCUT2D eigenvalue weighted by Gasteiger charge is 2.65. The average molecular weight is 416 g/mol. The first kappa shape index (κ1) is 18.8. The van der Waals surface area contributed by atoms with Gasteiger partial charge in [-0.1, -0.05) is 42.5 Å². The predicted octanol–water partition coefficient (Wildman–Crippen LogP) is 4.76. The highest BCUT2D eigenvalue weighted by molar-refractivity contribution is 8.13. The third-order valence-corrected chi connectivity index (χ3v) is 6.42. The number of ether oxygens (including phenoxy) is 1. The largest absolute Gasteiger partial charge is 0.478 e.